The van der Waals surface area contributed by atoms with Gasteiger partial charge < -0.3 is 4.74 Å². The lowest BCUT2D eigenvalue weighted by molar-refractivity contribution is -0.326. The quantitative estimate of drug-likeness (QED) is 0.488. The first-order chi connectivity index (χ1) is 9.36. The van der Waals surface area contributed by atoms with Crippen LogP contribution in [0.4, 0.5) is 0 Å². The highest BCUT2D eigenvalue weighted by molar-refractivity contribution is 5.82. The van der Waals surface area contributed by atoms with Crippen LogP contribution in [-0.4, -0.2) is 23.4 Å². The summed E-state index contributed by atoms with van der Waals surface area (Å²) >= 11 is 0. The molecule has 2 aliphatic carbocycles. The Hall–Kier alpha value is -0.610. The zero-order valence-corrected chi connectivity index (χ0v) is 12.9. The van der Waals surface area contributed by atoms with Gasteiger partial charge in [-0.05, 0) is 36.5 Å². The molecule has 0 amide bonds. The SMILES string of the molecule is CCCC1C2CC3C1OC(=O)C3(C(OO)C(C)(C)C)C2. The number of hydrogen-bond donors (Lipinski definition) is 1. The summed E-state index contributed by atoms with van der Waals surface area (Å²) < 4.78 is 5.76. The fourth-order valence-electron chi connectivity index (χ4n) is 5.33. The number of ether oxygens (including phenoxy) is 1. The second-order valence-corrected chi connectivity index (χ2v) is 8.02. The first kappa shape index (κ1) is 14.3. The molecule has 1 heterocycles. The van der Waals surface area contributed by atoms with E-state index < -0.39 is 11.5 Å². The highest BCUT2D eigenvalue weighted by atomic mass is 17.1. The zero-order chi connectivity index (χ0) is 14.7. The van der Waals surface area contributed by atoms with Gasteiger partial charge in [0.1, 0.15) is 17.6 Å². The van der Waals surface area contributed by atoms with E-state index in [2.05, 4.69) is 6.92 Å². The molecule has 3 aliphatic rings. The minimum atomic E-state index is -0.618. The Balaban J connectivity index is 1.95. The van der Waals surface area contributed by atoms with Crippen molar-refractivity contribution in [2.75, 3.05) is 0 Å². The molecule has 1 saturated heterocycles. The maximum absolute atomic E-state index is 12.6. The van der Waals surface area contributed by atoms with Gasteiger partial charge in [-0.3, -0.25) is 10.1 Å². The maximum atomic E-state index is 12.6. The third kappa shape index (κ3) is 1.64. The molecule has 4 heteroatoms. The molecule has 0 radical (unpaired) electrons. The van der Waals surface area contributed by atoms with Crippen molar-refractivity contribution >= 4 is 5.97 Å². The normalized spacial score (nSPS) is 44.0. The Kier molecular flexibility index (Phi) is 3.18. The molecular weight excluding hydrogens is 256 g/mol. The summed E-state index contributed by atoms with van der Waals surface area (Å²) in [5, 5.41) is 9.44. The highest BCUT2D eigenvalue weighted by Gasteiger charge is 2.74. The monoisotopic (exact) mass is 282 g/mol. The second kappa shape index (κ2) is 4.44. The molecule has 6 atom stereocenters. The van der Waals surface area contributed by atoms with E-state index in [1.54, 1.807) is 0 Å². The summed E-state index contributed by atoms with van der Waals surface area (Å²) in [5.74, 6) is 1.16. The van der Waals surface area contributed by atoms with Gasteiger partial charge in [0.25, 0.3) is 0 Å². The minimum absolute atomic E-state index is 0.0567. The largest absolute Gasteiger partial charge is 0.461 e. The van der Waals surface area contributed by atoms with Crippen molar-refractivity contribution in [3.05, 3.63) is 0 Å². The molecule has 0 aromatic carbocycles. The number of rotatable bonds is 4. The summed E-state index contributed by atoms with van der Waals surface area (Å²) in [6.07, 6.45) is 3.71. The van der Waals surface area contributed by atoms with E-state index in [0.717, 1.165) is 25.7 Å². The standard InChI is InChI=1S/C16H26O4/c1-5-6-10-9-7-11-12(10)19-14(17)16(11,8-9)13(20-18)15(2,3)4/h9-13,18H,5-8H2,1-4H3. The van der Waals surface area contributed by atoms with Crippen molar-refractivity contribution in [1.82, 2.24) is 0 Å². The van der Waals surface area contributed by atoms with Gasteiger partial charge in [0.05, 0.1) is 0 Å². The Morgan fingerprint density at radius 3 is 2.75 bits per heavy atom. The van der Waals surface area contributed by atoms with E-state index in [9.17, 15) is 10.1 Å². The van der Waals surface area contributed by atoms with Crippen LogP contribution >= 0.6 is 0 Å². The molecule has 0 aromatic rings. The molecule has 0 spiro atoms. The molecule has 3 rings (SSSR count). The number of carbonyl (C=O) groups excluding carboxylic acids is 1. The molecule has 1 aliphatic heterocycles. The van der Waals surface area contributed by atoms with Gasteiger partial charge in [-0.1, -0.05) is 34.1 Å². The van der Waals surface area contributed by atoms with Crippen molar-refractivity contribution in [1.29, 1.82) is 0 Å². The lowest BCUT2D eigenvalue weighted by atomic mass is 9.61. The molecule has 2 bridgehead atoms. The van der Waals surface area contributed by atoms with Crippen LogP contribution in [0.25, 0.3) is 0 Å². The van der Waals surface area contributed by atoms with Gasteiger partial charge in [0.15, 0.2) is 0 Å². The van der Waals surface area contributed by atoms with Crippen molar-refractivity contribution in [2.45, 2.75) is 65.6 Å². The van der Waals surface area contributed by atoms with E-state index in [4.69, 9.17) is 9.62 Å². The maximum Gasteiger partial charge on any atom is 0.315 e. The van der Waals surface area contributed by atoms with Crippen LogP contribution in [0.1, 0.15) is 53.4 Å². The Morgan fingerprint density at radius 1 is 1.50 bits per heavy atom. The average Bonchev–Trinajstić information content (AvgIpc) is 2.91. The van der Waals surface area contributed by atoms with E-state index in [1.165, 1.54) is 0 Å². The number of esters is 1. The van der Waals surface area contributed by atoms with Crippen LogP contribution in [0.2, 0.25) is 0 Å². The summed E-state index contributed by atoms with van der Waals surface area (Å²) in [4.78, 5) is 17.4. The van der Waals surface area contributed by atoms with Gasteiger partial charge in [0.2, 0.25) is 0 Å². The summed E-state index contributed by atoms with van der Waals surface area (Å²) in [7, 11) is 0. The van der Waals surface area contributed by atoms with Gasteiger partial charge in [-0.15, -0.1) is 0 Å². The first-order valence-electron chi connectivity index (χ1n) is 7.87. The molecular formula is C16H26O4. The second-order valence-electron chi connectivity index (χ2n) is 8.02. The fourth-order valence-corrected chi connectivity index (χ4v) is 5.33. The minimum Gasteiger partial charge on any atom is -0.461 e. The van der Waals surface area contributed by atoms with Crippen LogP contribution in [-0.2, 0) is 14.4 Å². The number of carbonyl (C=O) groups is 1. The van der Waals surface area contributed by atoms with Crippen molar-refractivity contribution < 1.29 is 19.7 Å². The van der Waals surface area contributed by atoms with Crippen molar-refractivity contribution in [3.63, 3.8) is 0 Å². The predicted molar refractivity (Wildman–Crippen MR) is 73.9 cm³/mol. The van der Waals surface area contributed by atoms with Gasteiger partial charge in [0, 0.05) is 5.92 Å². The van der Waals surface area contributed by atoms with Crippen molar-refractivity contribution in [3.8, 4) is 0 Å². The van der Waals surface area contributed by atoms with Crippen LogP contribution in [0.3, 0.4) is 0 Å². The van der Waals surface area contributed by atoms with E-state index in [0.29, 0.717) is 11.8 Å². The van der Waals surface area contributed by atoms with Crippen LogP contribution < -0.4 is 0 Å². The summed E-state index contributed by atoms with van der Waals surface area (Å²) in [5.41, 5.74) is -0.903. The zero-order valence-electron chi connectivity index (χ0n) is 12.9. The van der Waals surface area contributed by atoms with E-state index >= 15 is 0 Å². The number of fused-ring (bicyclic) bond motifs is 1. The van der Waals surface area contributed by atoms with Gasteiger partial charge in [-0.2, -0.15) is 0 Å². The van der Waals surface area contributed by atoms with E-state index in [-0.39, 0.29) is 23.4 Å². The summed E-state index contributed by atoms with van der Waals surface area (Å²) in [6, 6.07) is 0. The lowest BCUT2D eigenvalue weighted by Crippen LogP contribution is -2.51. The molecule has 2 saturated carbocycles. The van der Waals surface area contributed by atoms with Crippen LogP contribution in [0.5, 0.6) is 0 Å². The molecule has 20 heavy (non-hydrogen) atoms. The average molecular weight is 282 g/mol. The fraction of sp³-hybridized carbons (Fsp3) is 0.938. The molecule has 114 valence electrons. The predicted octanol–water partition coefficient (Wildman–Crippen LogP) is 3.26. The third-order valence-electron chi connectivity index (χ3n) is 5.85. The van der Waals surface area contributed by atoms with Gasteiger partial charge >= 0.3 is 5.97 Å². The van der Waals surface area contributed by atoms with Gasteiger partial charge in [-0.25, -0.2) is 4.89 Å². The van der Waals surface area contributed by atoms with Crippen LogP contribution in [0, 0.1) is 28.6 Å². The lowest BCUT2D eigenvalue weighted by Gasteiger charge is -2.42. The number of hydrogen-bond acceptors (Lipinski definition) is 4. The topological polar surface area (TPSA) is 55.8 Å². The molecule has 3 fully saturated rings. The molecule has 0 aromatic heterocycles. The third-order valence-corrected chi connectivity index (χ3v) is 5.85. The van der Waals surface area contributed by atoms with Crippen LogP contribution in [0.15, 0.2) is 0 Å². The Bertz CT molecular complexity index is 413. The van der Waals surface area contributed by atoms with E-state index in [1.807, 2.05) is 20.8 Å². The first-order valence-corrected chi connectivity index (χ1v) is 7.87. The van der Waals surface area contributed by atoms with Crippen molar-refractivity contribution in [2.24, 2.45) is 28.6 Å². The highest BCUT2D eigenvalue weighted by Crippen LogP contribution is 2.67. The summed E-state index contributed by atoms with van der Waals surface area (Å²) in [6.45, 7) is 8.22. The Morgan fingerprint density at radius 2 is 2.20 bits per heavy atom. The smallest absolute Gasteiger partial charge is 0.315 e. The Labute approximate surface area is 120 Å². The molecule has 4 nitrogen and oxygen atoms in total. The molecule has 1 N–H and O–H groups in total. The molecule has 6 unspecified atom stereocenters.